The Hall–Kier alpha value is -4.30. The van der Waals surface area contributed by atoms with Crippen LogP contribution in [0, 0.1) is 32.1 Å². The number of ether oxygens (including phenoxy) is 4. The SMILES string of the molecule is COCOc1c(C)c(C)cc2c1[C@@H]1C3Cc4c(O)c(C)c5c(c4[C@H](CNC(=O)CCc4ccccc4)N3[C@@H](C#N)[C@H](C2)N1C)OCO5. The number of hydrogen-bond acceptors (Lipinski definition) is 9. The van der Waals surface area contributed by atoms with E-state index in [1.165, 1.54) is 5.56 Å². The number of nitrogens with one attached hydrogen (secondary N) is 1. The largest absolute Gasteiger partial charge is 0.507 e. The molecule has 0 aromatic heterocycles. The lowest BCUT2D eigenvalue weighted by atomic mass is 9.71. The van der Waals surface area contributed by atoms with Crippen molar-refractivity contribution in [1.29, 1.82) is 5.26 Å². The van der Waals surface area contributed by atoms with E-state index in [2.05, 4.69) is 48.1 Å². The maximum Gasteiger partial charge on any atom is 0.231 e. The van der Waals surface area contributed by atoms with Crippen LogP contribution >= 0.6 is 0 Å². The molecule has 3 aromatic carbocycles. The molecule has 10 nitrogen and oxygen atoms in total. The Morgan fingerprint density at radius 1 is 1.09 bits per heavy atom. The highest BCUT2D eigenvalue weighted by molar-refractivity contribution is 5.76. The minimum atomic E-state index is -0.486. The normalized spacial score (nSPS) is 24.1. The second-order valence-electron chi connectivity index (χ2n) is 13.2. The van der Waals surface area contributed by atoms with Gasteiger partial charge < -0.3 is 29.4 Å². The Balaban J connectivity index is 1.34. The third-order valence-corrected chi connectivity index (χ3v) is 10.7. The first-order valence-electron chi connectivity index (χ1n) is 16.3. The highest BCUT2D eigenvalue weighted by Crippen LogP contribution is 2.57. The van der Waals surface area contributed by atoms with E-state index in [0.717, 1.165) is 39.1 Å². The van der Waals surface area contributed by atoms with Crippen LogP contribution in [-0.2, 0) is 28.8 Å². The summed E-state index contributed by atoms with van der Waals surface area (Å²) in [5.74, 6) is 2.03. The number of piperazine rings is 1. The predicted octanol–water partition coefficient (Wildman–Crippen LogP) is 4.55. The number of methoxy groups -OCH3 is 1. The standard InChI is InChI=1S/C37H42N4O6/c1-20-13-24-14-26-28(16-38)41-27(33(40(26)4)31(24)35(21(20)2)45-18-44-5)15-25-32(37-36(46-19-47-37)22(3)34(25)43)29(41)17-39-30(42)12-11-23-9-7-6-8-10-23/h6-10,13,26-29,33,43H,11-12,14-15,17-19H2,1-5H3,(H,39,42)/t26-,27?,28-,29-,33-/m0/s1. The number of hydrogen-bond donors (Lipinski definition) is 2. The molecule has 1 amide bonds. The number of phenols is 1. The van der Waals surface area contributed by atoms with E-state index in [9.17, 15) is 15.2 Å². The first-order valence-corrected chi connectivity index (χ1v) is 16.3. The predicted molar refractivity (Wildman–Crippen MR) is 175 cm³/mol. The lowest BCUT2D eigenvalue weighted by Crippen LogP contribution is -2.68. The van der Waals surface area contributed by atoms with Crippen molar-refractivity contribution < 1.29 is 28.8 Å². The van der Waals surface area contributed by atoms with Crippen molar-refractivity contribution in [3.63, 3.8) is 0 Å². The maximum absolute atomic E-state index is 13.3. The van der Waals surface area contributed by atoms with Crippen LogP contribution in [0.2, 0.25) is 0 Å². The van der Waals surface area contributed by atoms with Crippen LogP contribution in [0.15, 0.2) is 36.4 Å². The molecule has 1 unspecified atom stereocenters. The van der Waals surface area contributed by atoms with Gasteiger partial charge in [-0.25, -0.2) is 0 Å². The van der Waals surface area contributed by atoms with Crippen LogP contribution in [0.25, 0.3) is 0 Å². The van der Waals surface area contributed by atoms with Gasteiger partial charge in [0.15, 0.2) is 18.3 Å². The van der Waals surface area contributed by atoms with E-state index in [1.54, 1.807) is 7.11 Å². The Morgan fingerprint density at radius 2 is 1.85 bits per heavy atom. The van der Waals surface area contributed by atoms with Crippen molar-refractivity contribution in [3.05, 3.63) is 80.9 Å². The molecule has 3 aromatic rings. The van der Waals surface area contributed by atoms with Gasteiger partial charge in [0.1, 0.15) is 17.5 Å². The topological polar surface area (TPSA) is 117 Å². The number of carbonyl (C=O) groups excluding carboxylic acids is 1. The summed E-state index contributed by atoms with van der Waals surface area (Å²) < 4.78 is 23.6. The van der Waals surface area contributed by atoms with Crippen molar-refractivity contribution in [3.8, 4) is 29.1 Å². The van der Waals surface area contributed by atoms with Crippen molar-refractivity contribution >= 4 is 5.91 Å². The summed E-state index contributed by atoms with van der Waals surface area (Å²) in [5.41, 5.74) is 7.76. The van der Waals surface area contributed by atoms with Gasteiger partial charge in [0.05, 0.1) is 18.2 Å². The van der Waals surface area contributed by atoms with Gasteiger partial charge in [0.25, 0.3) is 0 Å². The minimum Gasteiger partial charge on any atom is -0.507 e. The van der Waals surface area contributed by atoms with Gasteiger partial charge in [-0.05, 0) is 69.3 Å². The smallest absolute Gasteiger partial charge is 0.231 e. The summed E-state index contributed by atoms with van der Waals surface area (Å²) in [6.07, 6.45) is 2.12. The van der Waals surface area contributed by atoms with E-state index < -0.39 is 12.1 Å². The summed E-state index contributed by atoms with van der Waals surface area (Å²) in [4.78, 5) is 17.9. The average Bonchev–Trinajstić information content (AvgIpc) is 3.56. The number of carbonyl (C=O) groups is 1. The summed E-state index contributed by atoms with van der Waals surface area (Å²) >= 11 is 0. The molecule has 4 aliphatic rings. The molecule has 0 radical (unpaired) electrons. The molecule has 2 bridgehead atoms. The lowest BCUT2D eigenvalue weighted by Gasteiger charge is -2.60. The van der Waals surface area contributed by atoms with Crippen molar-refractivity contribution in [1.82, 2.24) is 15.1 Å². The van der Waals surface area contributed by atoms with Crippen molar-refractivity contribution in [2.24, 2.45) is 0 Å². The molecule has 1 fully saturated rings. The van der Waals surface area contributed by atoms with Crippen LogP contribution < -0.4 is 19.5 Å². The third-order valence-electron chi connectivity index (χ3n) is 10.7. The molecular weight excluding hydrogens is 596 g/mol. The zero-order valence-corrected chi connectivity index (χ0v) is 27.6. The van der Waals surface area contributed by atoms with E-state index in [-0.39, 0.29) is 49.9 Å². The van der Waals surface area contributed by atoms with Crippen LogP contribution in [0.1, 0.15) is 63.0 Å². The summed E-state index contributed by atoms with van der Waals surface area (Å²) in [6, 6.07) is 13.5. The highest BCUT2D eigenvalue weighted by Gasteiger charge is 2.56. The van der Waals surface area contributed by atoms with E-state index in [1.807, 2.05) is 37.3 Å². The first-order chi connectivity index (χ1) is 22.7. The molecule has 0 spiro atoms. The molecule has 4 aliphatic heterocycles. The zero-order chi connectivity index (χ0) is 33.0. The third kappa shape index (κ3) is 5.08. The Bertz CT molecular complexity index is 1750. The van der Waals surface area contributed by atoms with E-state index >= 15 is 0 Å². The molecule has 4 heterocycles. The van der Waals surface area contributed by atoms with Gasteiger partial charge >= 0.3 is 0 Å². The number of nitriles is 1. The van der Waals surface area contributed by atoms with Crippen LogP contribution in [0.4, 0.5) is 0 Å². The van der Waals surface area contributed by atoms with Gasteiger partial charge in [-0.1, -0.05) is 36.4 Å². The van der Waals surface area contributed by atoms with Gasteiger partial charge in [-0.15, -0.1) is 0 Å². The number of phenolic OH excluding ortho intramolecular Hbond substituents is 1. The average molecular weight is 639 g/mol. The van der Waals surface area contributed by atoms with Gasteiger partial charge in [0, 0.05) is 54.4 Å². The molecule has 246 valence electrons. The number of aryl methyl sites for hydroxylation is 2. The number of benzene rings is 3. The Kier molecular flexibility index (Phi) is 8.25. The van der Waals surface area contributed by atoms with Crippen molar-refractivity contribution in [2.45, 2.75) is 76.7 Å². The second-order valence-corrected chi connectivity index (χ2v) is 13.2. The Labute approximate surface area is 275 Å². The lowest BCUT2D eigenvalue weighted by molar-refractivity contribution is -0.122. The fraction of sp³-hybridized carbons (Fsp3) is 0.459. The molecule has 7 rings (SSSR count). The van der Waals surface area contributed by atoms with Gasteiger partial charge in [0.2, 0.25) is 12.7 Å². The number of likely N-dealkylation sites (N-methyl/N-ethyl adjacent to an activating group) is 1. The van der Waals surface area contributed by atoms with E-state index in [4.69, 9.17) is 18.9 Å². The number of aromatic hydroxyl groups is 1. The van der Waals surface area contributed by atoms with Crippen LogP contribution in [-0.4, -0.2) is 73.2 Å². The van der Waals surface area contributed by atoms with E-state index in [0.29, 0.717) is 42.7 Å². The first kappa shape index (κ1) is 31.3. The molecule has 0 aliphatic carbocycles. The highest BCUT2D eigenvalue weighted by atomic mass is 16.7. The fourth-order valence-electron chi connectivity index (χ4n) is 8.39. The Morgan fingerprint density at radius 3 is 2.60 bits per heavy atom. The zero-order valence-electron chi connectivity index (χ0n) is 27.6. The molecule has 2 N–H and O–H groups in total. The minimum absolute atomic E-state index is 0.0491. The molecule has 47 heavy (non-hydrogen) atoms. The summed E-state index contributed by atoms with van der Waals surface area (Å²) in [7, 11) is 3.71. The monoisotopic (exact) mass is 638 g/mol. The number of fused-ring (bicyclic) bond motifs is 9. The molecule has 5 atom stereocenters. The van der Waals surface area contributed by atoms with Crippen LogP contribution in [0.3, 0.4) is 0 Å². The quantitative estimate of drug-likeness (QED) is 0.343. The molecule has 1 saturated heterocycles. The number of amides is 1. The number of nitrogens with zero attached hydrogens (tertiary/aromatic N) is 3. The molecular formula is C37H42N4O6. The van der Waals surface area contributed by atoms with Gasteiger partial charge in [-0.3, -0.25) is 14.6 Å². The van der Waals surface area contributed by atoms with Crippen LogP contribution in [0.5, 0.6) is 23.0 Å². The summed E-state index contributed by atoms with van der Waals surface area (Å²) in [5, 5.41) is 25.8. The number of rotatable bonds is 8. The molecule has 0 saturated carbocycles. The van der Waals surface area contributed by atoms with Gasteiger partial charge in [-0.2, -0.15) is 5.26 Å². The maximum atomic E-state index is 13.3. The fourth-order valence-corrected chi connectivity index (χ4v) is 8.39. The van der Waals surface area contributed by atoms with Crippen molar-refractivity contribution in [2.75, 3.05) is 34.3 Å². The second kappa shape index (κ2) is 12.4. The molecule has 10 heteroatoms. The summed E-state index contributed by atoms with van der Waals surface area (Å²) in [6.45, 7) is 6.43.